The van der Waals surface area contributed by atoms with Crippen LogP contribution in [0.5, 0.6) is 5.75 Å². The molecule has 0 fully saturated rings. The zero-order valence-electron chi connectivity index (χ0n) is 8.06. The van der Waals surface area contributed by atoms with Gasteiger partial charge in [0, 0.05) is 5.41 Å². The number of rotatable bonds is 0. The third kappa shape index (κ3) is 0.913. The fourth-order valence-electron chi connectivity index (χ4n) is 2.32. The largest absolute Gasteiger partial charge is 0.485 e. The van der Waals surface area contributed by atoms with E-state index in [0.717, 1.165) is 12.2 Å². The van der Waals surface area contributed by atoms with Crippen LogP contribution in [0.25, 0.3) is 0 Å². The number of allylic oxidation sites excluding steroid dienone is 1. The van der Waals surface area contributed by atoms with Gasteiger partial charge in [0.25, 0.3) is 0 Å². The second kappa shape index (κ2) is 2.61. The van der Waals surface area contributed by atoms with Gasteiger partial charge in [-0.2, -0.15) is 0 Å². The molecule has 0 aliphatic carbocycles. The third-order valence-electron chi connectivity index (χ3n) is 3.00. The van der Waals surface area contributed by atoms with Gasteiger partial charge in [-0.05, 0) is 24.1 Å². The maximum atomic E-state index is 5.75. The Bertz CT molecular complexity index is 518. The van der Waals surface area contributed by atoms with Gasteiger partial charge in [-0.3, -0.25) is 0 Å². The monoisotopic (exact) mass is 215 g/mol. The summed E-state index contributed by atoms with van der Waals surface area (Å²) in [5, 5.41) is 3.53. The van der Waals surface area contributed by atoms with Gasteiger partial charge < -0.3 is 9.64 Å². The molecule has 74 valence electrons. The smallest absolute Gasteiger partial charge is 0.144 e. The van der Waals surface area contributed by atoms with E-state index < -0.39 is 0 Å². The summed E-state index contributed by atoms with van der Waals surface area (Å²) >= 11 is 1.80. The Hall–Kier alpha value is -1.35. The molecular weight excluding hydrogens is 206 g/mol. The van der Waals surface area contributed by atoms with E-state index in [0.29, 0.717) is 6.61 Å². The van der Waals surface area contributed by atoms with Crippen LogP contribution >= 0.6 is 11.8 Å². The van der Waals surface area contributed by atoms with Crippen LogP contribution in [0.15, 0.2) is 40.4 Å². The third-order valence-corrected chi connectivity index (χ3v) is 3.98. The molecule has 0 amide bonds. The number of hydrogen-bond donors (Lipinski definition) is 0. The Morgan fingerprint density at radius 2 is 2.33 bits per heavy atom. The quantitative estimate of drug-likeness (QED) is 0.660. The van der Waals surface area contributed by atoms with Crippen LogP contribution in [0.2, 0.25) is 0 Å². The molecule has 0 atom stereocenters. The predicted molar refractivity (Wildman–Crippen MR) is 61.9 cm³/mol. The summed E-state index contributed by atoms with van der Waals surface area (Å²) in [6.45, 7) is 0.695. The lowest BCUT2D eigenvalue weighted by molar-refractivity contribution is 0.339. The van der Waals surface area contributed by atoms with Crippen LogP contribution in [0.1, 0.15) is 5.56 Å². The average Bonchev–Trinajstić information content (AvgIpc) is 2.71. The molecule has 0 aromatic heterocycles. The summed E-state index contributed by atoms with van der Waals surface area (Å²) < 4.78 is 5.75. The standard InChI is InChI=1S/C12H9NOS/c1-2-8-4-5-11-13-9(7-15-11)6-14-10(3-1)12(8)13/h1-3,5,7H,4,6H2. The van der Waals surface area contributed by atoms with Crippen LogP contribution in [0.3, 0.4) is 0 Å². The Morgan fingerprint density at radius 1 is 1.33 bits per heavy atom. The molecule has 4 rings (SSSR count). The summed E-state index contributed by atoms with van der Waals surface area (Å²) in [5.74, 6) is 1.03. The highest BCUT2D eigenvalue weighted by Gasteiger charge is 2.33. The molecule has 15 heavy (non-hydrogen) atoms. The van der Waals surface area contributed by atoms with E-state index in [1.807, 2.05) is 0 Å². The van der Waals surface area contributed by atoms with Crippen molar-refractivity contribution < 1.29 is 4.74 Å². The summed E-state index contributed by atoms with van der Waals surface area (Å²) in [7, 11) is 0. The van der Waals surface area contributed by atoms with E-state index in [4.69, 9.17) is 4.74 Å². The van der Waals surface area contributed by atoms with Crippen molar-refractivity contribution in [2.24, 2.45) is 0 Å². The highest BCUT2D eigenvalue weighted by molar-refractivity contribution is 8.06. The molecule has 0 radical (unpaired) electrons. The Kier molecular flexibility index (Phi) is 1.37. The molecule has 1 aromatic rings. The van der Waals surface area contributed by atoms with Gasteiger partial charge in [0.1, 0.15) is 12.4 Å². The minimum absolute atomic E-state index is 0.695. The zero-order chi connectivity index (χ0) is 9.83. The van der Waals surface area contributed by atoms with Crippen LogP contribution < -0.4 is 9.64 Å². The lowest BCUT2D eigenvalue weighted by Crippen LogP contribution is -2.28. The lowest BCUT2D eigenvalue weighted by atomic mass is 10.0. The Balaban J connectivity index is 2.04. The fourth-order valence-corrected chi connectivity index (χ4v) is 3.24. The number of anilines is 1. The minimum Gasteiger partial charge on any atom is -0.485 e. The number of thioether (sulfide) groups is 1. The second-order valence-corrected chi connectivity index (χ2v) is 4.75. The lowest BCUT2D eigenvalue weighted by Gasteiger charge is -2.34. The fraction of sp³-hybridized carbons (Fsp3) is 0.167. The first kappa shape index (κ1) is 7.88. The second-order valence-electron chi connectivity index (χ2n) is 3.86. The summed E-state index contributed by atoms with van der Waals surface area (Å²) in [6, 6.07) is 6.31. The molecule has 0 saturated heterocycles. The molecule has 0 spiro atoms. The number of ether oxygens (including phenoxy) is 1. The summed E-state index contributed by atoms with van der Waals surface area (Å²) in [5.41, 5.74) is 3.90. The normalized spacial score (nSPS) is 20.4. The first-order valence-corrected chi connectivity index (χ1v) is 5.92. The molecule has 3 heterocycles. The van der Waals surface area contributed by atoms with Gasteiger partial charge in [-0.1, -0.05) is 23.9 Å². The Labute approximate surface area is 92.2 Å². The maximum absolute atomic E-state index is 5.75. The SMILES string of the molecule is C1=C2COc3cccc4c3N2C(=CC4)S1. The van der Waals surface area contributed by atoms with E-state index in [1.54, 1.807) is 11.8 Å². The van der Waals surface area contributed by atoms with E-state index in [9.17, 15) is 0 Å². The van der Waals surface area contributed by atoms with Crippen molar-refractivity contribution >= 4 is 17.4 Å². The topological polar surface area (TPSA) is 12.5 Å². The van der Waals surface area contributed by atoms with Crippen molar-refractivity contribution in [1.82, 2.24) is 0 Å². The van der Waals surface area contributed by atoms with Crippen molar-refractivity contribution in [2.75, 3.05) is 11.5 Å². The minimum atomic E-state index is 0.695. The van der Waals surface area contributed by atoms with E-state index in [1.165, 1.54) is 22.0 Å². The van der Waals surface area contributed by atoms with Crippen LogP contribution in [-0.2, 0) is 6.42 Å². The van der Waals surface area contributed by atoms with E-state index in [2.05, 4.69) is 34.6 Å². The average molecular weight is 215 g/mol. The van der Waals surface area contributed by atoms with Gasteiger partial charge in [0.2, 0.25) is 0 Å². The van der Waals surface area contributed by atoms with Crippen molar-refractivity contribution in [3.8, 4) is 5.75 Å². The van der Waals surface area contributed by atoms with Gasteiger partial charge >= 0.3 is 0 Å². The molecule has 3 aliphatic heterocycles. The van der Waals surface area contributed by atoms with Gasteiger partial charge in [0.05, 0.1) is 16.4 Å². The first-order valence-electron chi connectivity index (χ1n) is 5.04. The van der Waals surface area contributed by atoms with Crippen molar-refractivity contribution in [3.63, 3.8) is 0 Å². The highest BCUT2D eigenvalue weighted by Crippen LogP contribution is 2.49. The van der Waals surface area contributed by atoms with Crippen molar-refractivity contribution in [3.05, 3.63) is 46.0 Å². The first-order chi connectivity index (χ1) is 7.43. The number of nitrogens with zero attached hydrogens (tertiary/aromatic N) is 1. The summed E-state index contributed by atoms with van der Waals surface area (Å²) in [4.78, 5) is 2.34. The molecule has 0 bridgehead atoms. The molecule has 1 aromatic carbocycles. The maximum Gasteiger partial charge on any atom is 0.144 e. The number of para-hydroxylation sites is 1. The van der Waals surface area contributed by atoms with Crippen molar-refractivity contribution in [2.45, 2.75) is 6.42 Å². The van der Waals surface area contributed by atoms with E-state index in [-0.39, 0.29) is 0 Å². The van der Waals surface area contributed by atoms with Crippen molar-refractivity contribution in [1.29, 1.82) is 0 Å². The molecule has 3 aliphatic rings. The van der Waals surface area contributed by atoms with Gasteiger partial charge in [0.15, 0.2) is 0 Å². The van der Waals surface area contributed by atoms with Gasteiger partial charge in [-0.15, -0.1) is 0 Å². The zero-order valence-corrected chi connectivity index (χ0v) is 8.88. The van der Waals surface area contributed by atoms with Crippen LogP contribution in [0.4, 0.5) is 5.69 Å². The molecule has 0 saturated carbocycles. The predicted octanol–water partition coefficient (Wildman–Crippen LogP) is 2.87. The molecular formula is C12H9NOS. The summed E-state index contributed by atoms with van der Waals surface area (Å²) in [6.07, 6.45) is 3.32. The molecule has 2 nitrogen and oxygen atoms in total. The molecule has 0 unspecified atom stereocenters. The van der Waals surface area contributed by atoms with Gasteiger partial charge in [-0.25, -0.2) is 0 Å². The molecule has 3 heteroatoms. The highest BCUT2D eigenvalue weighted by atomic mass is 32.2. The number of hydrogen-bond acceptors (Lipinski definition) is 3. The Morgan fingerprint density at radius 3 is 3.33 bits per heavy atom. The number of benzene rings is 1. The molecule has 0 N–H and O–H groups in total. The van der Waals surface area contributed by atoms with E-state index >= 15 is 0 Å². The van der Waals surface area contributed by atoms with Crippen LogP contribution in [-0.4, -0.2) is 6.61 Å². The van der Waals surface area contributed by atoms with Crippen LogP contribution in [0, 0.1) is 0 Å².